The lowest BCUT2D eigenvalue weighted by Gasteiger charge is -2.12. The highest BCUT2D eigenvalue weighted by molar-refractivity contribution is 8.00. The topological polar surface area (TPSA) is 59.3 Å². The van der Waals surface area contributed by atoms with E-state index in [4.69, 9.17) is 0 Å². The number of amides is 1. The van der Waals surface area contributed by atoms with E-state index in [0.717, 1.165) is 38.6 Å². The molecule has 1 amide bonds. The second kappa shape index (κ2) is 7.46. The maximum Gasteiger partial charge on any atom is 0.237 e. The summed E-state index contributed by atoms with van der Waals surface area (Å²) in [6.45, 7) is 3.96. The first-order chi connectivity index (χ1) is 14.6. The molecule has 0 saturated heterocycles. The van der Waals surface area contributed by atoms with Gasteiger partial charge in [0.05, 0.1) is 10.8 Å². The Morgan fingerprint density at radius 1 is 0.967 bits per heavy atom. The van der Waals surface area contributed by atoms with Crippen LogP contribution in [0, 0.1) is 6.92 Å². The molecular weight excluding hydrogens is 392 g/mol. The zero-order valence-electron chi connectivity index (χ0n) is 16.7. The summed E-state index contributed by atoms with van der Waals surface area (Å²) in [4.78, 5) is 12.8. The van der Waals surface area contributed by atoms with Crippen molar-refractivity contribution in [2.45, 2.75) is 24.3 Å². The molecule has 0 radical (unpaired) electrons. The second-order valence-corrected chi connectivity index (χ2v) is 8.64. The van der Waals surface area contributed by atoms with Gasteiger partial charge in [-0.2, -0.15) is 0 Å². The molecule has 0 fully saturated rings. The van der Waals surface area contributed by atoms with Gasteiger partial charge in [-0.1, -0.05) is 60.3 Å². The molecule has 2 heterocycles. The van der Waals surface area contributed by atoms with E-state index in [0.29, 0.717) is 5.16 Å². The van der Waals surface area contributed by atoms with Crippen LogP contribution in [0.1, 0.15) is 12.5 Å². The van der Waals surface area contributed by atoms with E-state index in [1.807, 2.05) is 65.9 Å². The van der Waals surface area contributed by atoms with Gasteiger partial charge in [0, 0.05) is 11.1 Å². The fraction of sp³-hybridized carbons (Fsp3) is 0.125. The monoisotopic (exact) mass is 412 g/mol. The van der Waals surface area contributed by atoms with Crippen LogP contribution in [0.15, 0.2) is 78.0 Å². The molecule has 5 nitrogen and oxygen atoms in total. The van der Waals surface area contributed by atoms with E-state index in [1.165, 1.54) is 11.8 Å². The number of fused-ring (bicyclic) bond motifs is 4. The van der Waals surface area contributed by atoms with E-state index >= 15 is 0 Å². The van der Waals surface area contributed by atoms with Crippen LogP contribution in [0.2, 0.25) is 0 Å². The molecule has 0 bridgehead atoms. The number of nitrogens with zero attached hydrogens (tertiary/aromatic N) is 3. The Bertz CT molecular complexity index is 1410. The van der Waals surface area contributed by atoms with Crippen LogP contribution in [0.3, 0.4) is 0 Å². The predicted octanol–water partition coefficient (Wildman–Crippen LogP) is 5.46. The maximum absolute atomic E-state index is 12.8. The number of rotatable bonds is 4. The van der Waals surface area contributed by atoms with Crippen molar-refractivity contribution in [2.24, 2.45) is 0 Å². The van der Waals surface area contributed by atoms with Gasteiger partial charge in [0.2, 0.25) is 5.91 Å². The highest BCUT2D eigenvalue weighted by Gasteiger charge is 2.19. The van der Waals surface area contributed by atoms with Gasteiger partial charge in [-0.05, 0) is 54.4 Å². The molecule has 0 aliphatic carbocycles. The summed E-state index contributed by atoms with van der Waals surface area (Å²) in [5, 5.41) is 15.5. The van der Waals surface area contributed by atoms with Crippen molar-refractivity contribution in [3.05, 3.63) is 78.4 Å². The van der Waals surface area contributed by atoms with Crippen molar-refractivity contribution < 1.29 is 4.79 Å². The average molecular weight is 413 g/mol. The molecule has 3 aromatic carbocycles. The third-order valence-electron chi connectivity index (χ3n) is 5.24. The number of carbonyl (C=O) groups is 1. The zero-order valence-corrected chi connectivity index (χ0v) is 17.5. The lowest BCUT2D eigenvalue weighted by Crippen LogP contribution is -2.22. The summed E-state index contributed by atoms with van der Waals surface area (Å²) < 4.78 is 2.02. The largest absolute Gasteiger partial charge is 0.325 e. The number of nitrogens with one attached hydrogen (secondary N) is 1. The number of carbonyl (C=O) groups excluding carboxylic acids is 1. The molecular formula is C24H20N4OS. The zero-order chi connectivity index (χ0) is 20.7. The molecule has 0 saturated carbocycles. The highest BCUT2D eigenvalue weighted by atomic mass is 32.2. The average Bonchev–Trinajstić information content (AvgIpc) is 3.16. The normalized spacial score (nSPS) is 12.5. The van der Waals surface area contributed by atoms with Crippen LogP contribution >= 0.6 is 11.8 Å². The van der Waals surface area contributed by atoms with Gasteiger partial charge in [0.25, 0.3) is 0 Å². The van der Waals surface area contributed by atoms with Crippen LogP contribution in [0.5, 0.6) is 0 Å². The van der Waals surface area contributed by atoms with E-state index in [-0.39, 0.29) is 11.2 Å². The SMILES string of the molecule is Cc1cc2nnc(SC(C)C(=O)Nc3ccc4ccccc4c3)n2c2ccccc12. The highest BCUT2D eigenvalue weighted by Crippen LogP contribution is 2.28. The Hall–Kier alpha value is -3.38. The molecule has 1 atom stereocenters. The minimum absolute atomic E-state index is 0.0663. The summed E-state index contributed by atoms with van der Waals surface area (Å²) >= 11 is 1.41. The van der Waals surface area contributed by atoms with Gasteiger partial charge in [-0.15, -0.1) is 10.2 Å². The Morgan fingerprint density at radius 2 is 1.73 bits per heavy atom. The van der Waals surface area contributed by atoms with E-state index < -0.39 is 0 Å². The van der Waals surface area contributed by atoms with E-state index in [1.54, 1.807) is 0 Å². The van der Waals surface area contributed by atoms with E-state index in [9.17, 15) is 4.79 Å². The van der Waals surface area contributed by atoms with Gasteiger partial charge < -0.3 is 5.32 Å². The third kappa shape index (κ3) is 3.29. The van der Waals surface area contributed by atoms with Crippen LogP contribution in [-0.4, -0.2) is 25.8 Å². The summed E-state index contributed by atoms with van der Waals surface area (Å²) in [7, 11) is 0. The first-order valence-electron chi connectivity index (χ1n) is 9.80. The molecule has 6 heteroatoms. The molecule has 1 N–H and O–H groups in total. The van der Waals surface area contributed by atoms with Crippen LogP contribution < -0.4 is 5.32 Å². The number of benzene rings is 3. The first kappa shape index (κ1) is 18.6. The van der Waals surface area contributed by atoms with Gasteiger partial charge >= 0.3 is 0 Å². The van der Waals surface area contributed by atoms with Gasteiger partial charge in [0.15, 0.2) is 10.8 Å². The fourth-order valence-electron chi connectivity index (χ4n) is 3.67. The second-order valence-electron chi connectivity index (χ2n) is 7.33. The van der Waals surface area contributed by atoms with Crippen molar-refractivity contribution in [2.75, 3.05) is 5.32 Å². The fourth-order valence-corrected chi connectivity index (χ4v) is 4.54. The van der Waals surface area contributed by atoms with Gasteiger partial charge in [-0.3, -0.25) is 9.20 Å². The summed E-state index contributed by atoms with van der Waals surface area (Å²) in [6.07, 6.45) is 0. The Kier molecular flexibility index (Phi) is 4.64. The standard InChI is InChI=1S/C24H20N4OS/c1-15-13-22-26-27-24(28(22)21-10-6-5-9-20(15)21)30-16(2)23(29)25-19-12-11-17-7-3-4-8-18(17)14-19/h3-14,16H,1-2H3,(H,25,29). The van der Waals surface area contributed by atoms with Crippen molar-refractivity contribution in [1.29, 1.82) is 0 Å². The lowest BCUT2D eigenvalue weighted by molar-refractivity contribution is -0.115. The minimum Gasteiger partial charge on any atom is -0.325 e. The molecule has 5 rings (SSSR count). The smallest absolute Gasteiger partial charge is 0.237 e. The molecule has 30 heavy (non-hydrogen) atoms. The van der Waals surface area contributed by atoms with Crippen LogP contribution in [0.4, 0.5) is 5.69 Å². The minimum atomic E-state index is -0.330. The number of hydrogen-bond acceptors (Lipinski definition) is 4. The number of aryl methyl sites for hydroxylation is 1. The molecule has 1 unspecified atom stereocenters. The number of pyridine rings is 1. The van der Waals surface area contributed by atoms with E-state index in [2.05, 4.69) is 40.6 Å². The Labute approximate surface area is 178 Å². The molecule has 0 aliphatic heterocycles. The third-order valence-corrected chi connectivity index (χ3v) is 6.28. The first-order valence-corrected chi connectivity index (χ1v) is 10.7. The summed E-state index contributed by atoms with van der Waals surface area (Å²) in [5.74, 6) is -0.0663. The molecule has 0 spiro atoms. The number of aromatic nitrogens is 3. The number of thioether (sulfide) groups is 1. The maximum atomic E-state index is 12.8. The van der Waals surface area contributed by atoms with Gasteiger partial charge in [-0.25, -0.2) is 0 Å². The predicted molar refractivity (Wildman–Crippen MR) is 123 cm³/mol. The summed E-state index contributed by atoms with van der Waals surface area (Å²) in [5.41, 5.74) is 3.78. The van der Waals surface area contributed by atoms with Crippen molar-refractivity contribution in [1.82, 2.24) is 14.6 Å². The molecule has 2 aromatic heterocycles. The summed E-state index contributed by atoms with van der Waals surface area (Å²) in [6, 6.07) is 24.2. The quantitative estimate of drug-likeness (QED) is 0.398. The molecule has 0 aliphatic rings. The number of para-hydroxylation sites is 1. The molecule has 148 valence electrons. The van der Waals surface area contributed by atoms with Crippen LogP contribution in [-0.2, 0) is 4.79 Å². The van der Waals surface area contributed by atoms with Crippen molar-refractivity contribution >= 4 is 50.7 Å². The number of hydrogen-bond donors (Lipinski definition) is 1. The molecule has 5 aromatic rings. The number of anilines is 1. The van der Waals surface area contributed by atoms with Crippen molar-refractivity contribution in [3.8, 4) is 0 Å². The lowest BCUT2D eigenvalue weighted by atomic mass is 10.1. The Balaban J connectivity index is 1.41. The van der Waals surface area contributed by atoms with Crippen LogP contribution in [0.25, 0.3) is 27.3 Å². The van der Waals surface area contributed by atoms with Crippen molar-refractivity contribution in [3.63, 3.8) is 0 Å². The Morgan fingerprint density at radius 3 is 2.60 bits per heavy atom. The van der Waals surface area contributed by atoms with Gasteiger partial charge in [0.1, 0.15) is 0 Å².